The molecule has 3 aromatic heterocycles. The number of carbonyl (C=O) groups is 2. The van der Waals surface area contributed by atoms with Crippen LogP contribution in [-0.2, 0) is 18.4 Å². The average Bonchev–Trinajstić information content (AvgIpc) is 3.10. The van der Waals surface area contributed by atoms with Crippen molar-refractivity contribution in [2.24, 2.45) is 7.05 Å². The minimum absolute atomic E-state index is 0.291. The van der Waals surface area contributed by atoms with E-state index in [4.69, 9.17) is 4.42 Å². The number of amides is 2. The van der Waals surface area contributed by atoms with Gasteiger partial charge in [-0.3, -0.25) is 34.5 Å². The van der Waals surface area contributed by atoms with Gasteiger partial charge in [-0.1, -0.05) is 0 Å². The summed E-state index contributed by atoms with van der Waals surface area (Å²) in [4.78, 5) is 40.3. The number of aryl methyl sites for hydroxylation is 3. The van der Waals surface area contributed by atoms with Crippen molar-refractivity contribution in [3.63, 3.8) is 0 Å². The molecule has 2 N–H and O–H groups in total. The van der Waals surface area contributed by atoms with Gasteiger partial charge in [0, 0.05) is 7.05 Å². The molecule has 0 unspecified atom stereocenters. The van der Waals surface area contributed by atoms with Gasteiger partial charge in [0.15, 0.2) is 5.65 Å². The van der Waals surface area contributed by atoms with E-state index in [-0.39, 0.29) is 12.1 Å². The Morgan fingerprint density at radius 3 is 2.72 bits per heavy atom. The van der Waals surface area contributed by atoms with Crippen LogP contribution in [0.5, 0.6) is 0 Å². The van der Waals surface area contributed by atoms with Crippen molar-refractivity contribution in [3.8, 4) is 0 Å². The van der Waals surface area contributed by atoms with E-state index in [1.807, 2.05) is 0 Å². The lowest BCUT2D eigenvalue weighted by atomic mass is 10.2. The highest BCUT2D eigenvalue weighted by Gasteiger charge is 2.15. The molecule has 0 bridgehead atoms. The highest BCUT2D eigenvalue weighted by Crippen LogP contribution is 2.12. The normalized spacial score (nSPS) is 10.8. The Hall–Kier alpha value is -3.43. The van der Waals surface area contributed by atoms with E-state index >= 15 is 0 Å². The van der Waals surface area contributed by atoms with Crippen molar-refractivity contribution in [1.82, 2.24) is 30.2 Å². The molecule has 10 heteroatoms. The summed E-state index contributed by atoms with van der Waals surface area (Å²) in [5.74, 6) is -0.0303. The molecule has 130 valence electrons. The van der Waals surface area contributed by atoms with Gasteiger partial charge in [-0.2, -0.15) is 5.10 Å². The lowest BCUT2D eigenvalue weighted by molar-refractivity contribution is -0.122. The summed E-state index contributed by atoms with van der Waals surface area (Å²) in [5, 5.41) is 4.27. The molecule has 0 aliphatic heterocycles. The number of furan rings is 1. The zero-order valence-corrected chi connectivity index (χ0v) is 13.9. The number of nitrogens with one attached hydrogen (secondary N) is 2. The van der Waals surface area contributed by atoms with Crippen LogP contribution in [0.1, 0.15) is 21.9 Å². The van der Waals surface area contributed by atoms with Crippen molar-refractivity contribution in [2.75, 3.05) is 0 Å². The van der Waals surface area contributed by atoms with Crippen LogP contribution in [0.25, 0.3) is 11.0 Å². The molecule has 0 aromatic carbocycles. The number of hydrazine groups is 1. The fourth-order valence-electron chi connectivity index (χ4n) is 2.42. The maximum absolute atomic E-state index is 12.3. The average molecular weight is 344 g/mol. The van der Waals surface area contributed by atoms with Gasteiger partial charge in [-0.25, -0.2) is 4.98 Å². The number of nitrogens with zero attached hydrogens (tertiary/aromatic N) is 4. The van der Waals surface area contributed by atoms with Gasteiger partial charge < -0.3 is 4.42 Å². The third-order valence-electron chi connectivity index (χ3n) is 3.63. The van der Waals surface area contributed by atoms with E-state index in [2.05, 4.69) is 20.9 Å². The molecule has 0 fully saturated rings. The second-order valence-corrected chi connectivity index (χ2v) is 5.51. The number of aromatic nitrogens is 4. The Morgan fingerprint density at radius 1 is 1.28 bits per heavy atom. The highest BCUT2D eigenvalue weighted by molar-refractivity contribution is 5.96. The maximum Gasteiger partial charge on any atom is 0.273 e. The molecular weight excluding hydrogens is 328 g/mol. The number of carbonyl (C=O) groups excluding carboxylic acids is 2. The molecular formula is C15H16N6O4. The van der Waals surface area contributed by atoms with Crippen LogP contribution < -0.4 is 16.4 Å². The van der Waals surface area contributed by atoms with E-state index in [9.17, 15) is 14.4 Å². The SMILES string of the molecule is Cc1cc(C(=O)NNC(=O)Cn2cnc3c(cnn3C)c2=O)c(C)o1. The molecule has 25 heavy (non-hydrogen) atoms. The molecule has 10 nitrogen and oxygen atoms in total. The van der Waals surface area contributed by atoms with Gasteiger partial charge in [-0.05, 0) is 19.9 Å². The highest BCUT2D eigenvalue weighted by atomic mass is 16.3. The third kappa shape index (κ3) is 3.13. The maximum atomic E-state index is 12.3. The summed E-state index contributed by atoms with van der Waals surface area (Å²) < 4.78 is 7.87. The predicted octanol–water partition coefficient (Wildman–Crippen LogP) is -0.199. The van der Waals surface area contributed by atoms with Crippen molar-refractivity contribution < 1.29 is 14.0 Å². The van der Waals surface area contributed by atoms with Crippen LogP contribution in [0.3, 0.4) is 0 Å². The van der Waals surface area contributed by atoms with E-state index in [1.54, 1.807) is 27.0 Å². The van der Waals surface area contributed by atoms with Gasteiger partial charge in [0.2, 0.25) is 0 Å². The zero-order valence-electron chi connectivity index (χ0n) is 13.9. The van der Waals surface area contributed by atoms with Gasteiger partial charge >= 0.3 is 0 Å². The number of hydrogen-bond acceptors (Lipinski definition) is 6. The van der Waals surface area contributed by atoms with E-state index in [0.29, 0.717) is 28.1 Å². The predicted molar refractivity (Wildman–Crippen MR) is 86.6 cm³/mol. The third-order valence-corrected chi connectivity index (χ3v) is 3.63. The molecule has 0 radical (unpaired) electrons. The summed E-state index contributed by atoms with van der Waals surface area (Å²) in [6.07, 6.45) is 2.65. The molecule has 3 aromatic rings. The summed E-state index contributed by atoms with van der Waals surface area (Å²) >= 11 is 0. The first-order valence-corrected chi connectivity index (χ1v) is 7.40. The molecule has 3 heterocycles. The molecule has 3 rings (SSSR count). The smallest absolute Gasteiger partial charge is 0.273 e. The van der Waals surface area contributed by atoms with Crippen LogP contribution >= 0.6 is 0 Å². The Morgan fingerprint density at radius 2 is 2.04 bits per heavy atom. The Labute approximate surface area is 141 Å². The summed E-state index contributed by atoms with van der Waals surface area (Å²) in [5.41, 5.74) is 4.91. The second-order valence-electron chi connectivity index (χ2n) is 5.51. The van der Waals surface area contributed by atoms with Gasteiger partial charge in [0.1, 0.15) is 29.8 Å². The van der Waals surface area contributed by atoms with Gasteiger partial charge in [0.25, 0.3) is 17.4 Å². The number of fused-ring (bicyclic) bond motifs is 1. The molecule has 0 saturated heterocycles. The quantitative estimate of drug-likeness (QED) is 0.634. The fraction of sp³-hybridized carbons (Fsp3) is 0.267. The fourth-order valence-corrected chi connectivity index (χ4v) is 2.42. The first-order chi connectivity index (χ1) is 11.9. The van der Waals surface area contributed by atoms with Crippen LogP contribution in [0.4, 0.5) is 0 Å². The van der Waals surface area contributed by atoms with E-state index < -0.39 is 11.8 Å². The molecule has 0 aliphatic carbocycles. The van der Waals surface area contributed by atoms with E-state index in [1.165, 1.54) is 17.2 Å². The van der Waals surface area contributed by atoms with Crippen LogP contribution in [0, 0.1) is 13.8 Å². The minimum atomic E-state index is -0.571. The van der Waals surface area contributed by atoms with Crippen molar-refractivity contribution in [2.45, 2.75) is 20.4 Å². The number of rotatable bonds is 3. The summed E-state index contributed by atoms with van der Waals surface area (Å²) in [7, 11) is 1.67. The lowest BCUT2D eigenvalue weighted by Gasteiger charge is -2.08. The minimum Gasteiger partial charge on any atom is -0.466 e. The monoisotopic (exact) mass is 344 g/mol. The Balaban J connectivity index is 1.67. The molecule has 0 saturated carbocycles. The first-order valence-electron chi connectivity index (χ1n) is 7.40. The van der Waals surface area contributed by atoms with E-state index in [0.717, 1.165) is 4.57 Å². The molecule has 2 amide bonds. The first kappa shape index (κ1) is 16.4. The topological polar surface area (TPSA) is 124 Å². The standard InChI is InChI=1S/C15H16N6O4/c1-8-4-10(9(2)25-8)14(23)19-18-12(22)6-21-7-16-13-11(15(21)24)5-17-20(13)3/h4-5,7H,6H2,1-3H3,(H,18,22)(H,19,23). The largest absolute Gasteiger partial charge is 0.466 e. The van der Waals surface area contributed by atoms with Gasteiger partial charge in [-0.15, -0.1) is 0 Å². The lowest BCUT2D eigenvalue weighted by Crippen LogP contribution is -2.44. The number of hydrogen-bond donors (Lipinski definition) is 2. The zero-order chi connectivity index (χ0) is 18.1. The molecule has 0 spiro atoms. The Kier molecular flexibility index (Phi) is 4.09. The second kappa shape index (κ2) is 6.23. The van der Waals surface area contributed by atoms with Crippen molar-refractivity contribution >= 4 is 22.8 Å². The summed E-state index contributed by atoms with van der Waals surface area (Å²) in [6.45, 7) is 3.08. The molecule has 0 atom stereocenters. The van der Waals surface area contributed by atoms with Gasteiger partial charge in [0.05, 0.1) is 11.8 Å². The van der Waals surface area contributed by atoms with Crippen molar-refractivity contribution in [1.29, 1.82) is 0 Å². The van der Waals surface area contributed by atoms with Crippen LogP contribution in [-0.4, -0.2) is 31.1 Å². The van der Waals surface area contributed by atoms with Crippen LogP contribution in [0.2, 0.25) is 0 Å². The summed E-state index contributed by atoms with van der Waals surface area (Å²) in [6, 6.07) is 1.57. The van der Waals surface area contributed by atoms with Crippen LogP contribution in [0.15, 0.2) is 27.8 Å². The molecule has 0 aliphatic rings. The van der Waals surface area contributed by atoms with Crippen molar-refractivity contribution in [3.05, 3.63) is 46.0 Å². The Bertz CT molecular complexity index is 1030.